The molecule has 144 valence electrons. The Labute approximate surface area is 165 Å². The van der Waals surface area contributed by atoms with Crippen LogP contribution in [0.5, 0.6) is 11.5 Å². The first-order valence-electron chi connectivity index (χ1n) is 8.87. The van der Waals surface area contributed by atoms with Gasteiger partial charge in [-0.3, -0.25) is 4.79 Å². The Morgan fingerprint density at radius 2 is 1.82 bits per heavy atom. The van der Waals surface area contributed by atoms with Crippen LogP contribution in [-0.4, -0.2) is 31.9 Å². The lowest BCUT2D eigenvalue weighted by molar-refractivity contribution is -0.118. The van der Waals surface area contributed by atoms with Gasteiger partial charge in [-0.1, -0.05) is 23.9 Å². The fraction of sp³-hybridized carbons (Fsp3) is 0.263. The fourth-order valence-corrected chi connectivity index (χ4v) is 3.30. The summed E-state index contributed by atoms with van der Waals surface area (Å²) in [5, 5.41) is 15.2. The zero-order valence-corrected chi connectivity index (χ0v) is 15.7. The number of halogens is 1. The largest absolute Gasteiger partial charge is 0.457 e. The zero-order chi connectivity index (χ0) is 19.3. The summed E-state index contributed by atoms with van der Waals surface area (Å²) in [5.74, 6) is 1.08. The van der Waals surface area contributed by atoms with Crippen molar-refractivity contribution in [3.63, 3.8) is 0 Å². The van der Waals surface area contributed by atoms with Crippen molar-refractivity contribution >= 4 is 17.7 Å². The molecule has 7 nitrogen and oxygen atoms in total. The number of aromatic nitrogens is 4. The number of ether oxygens (including phenoxy) is 1. The predicted molar refractivity (Wildman–Crippen MR) is 102 cm³/mol. The molecule has 4 rings (SSSR count). The fourth-order valence-electron chi connectivity index (χ4n) is 2.52. The molecule has 0 spiro atoms. The van der Waals surface area contributed by atoms with Crippen molar-refractivity contribution < 1.29 is 13.9 Å². The summed E-state index contributed by atoms with van der Waals surface area (Å²) in [6, 6.07) is 13.6. The summed E-state index contributed by atoms with van der Waals surface area (Å²) in [6.07, 6.45) is 2.18. The number of nitrogens with zero attached hydrogens (tertiary/aromatic N) is 4. The molecule has 0 unspecified atom stereocenters. The van der Waals surface area contributed by atoms with Gasteiger partial charge in [0.05, 0.1) is 11.8 Å². The summed E-state index contributed by atoms with van der Waals surface area (Å²) in [6.45, 7) is 0.420. The van der Waals surface area contributed by atoms with Gasteiger partial charge in [-0.05, 0) is 65.2 Å². The topological polar surface area (TPSA) is 81.9 Å². The molecule has 1 fully saturated rings. The highest BCUT2D eigenvalue weighted by atomic mass is 32.2. The summed E-state index contributed by atoms with van der Waals surface area (Å²) < 4.78 is 20.4. The van der Waals surface area contributed by atoms with E-state index < -0.39 is 0 Å². The maximum absolute atomic E-state index is 12.9. The number of nitrogens with one attached hydrogen (secondary N) is 1. The van der Waals surface area contributed by atoms with Crippen LogP contribution in [-0.2, 0) is 11.3 Å². The van der Waals surface area contributed by atoms with Gasteiger partial charge in [-0.15, -0.1) is 5.10 Å². The van der Waals surface area contributed by atoms with Crippen molar-refractivity contribution in [1.29, 1.82) is 0 Å². The van der Waals surface area contributed by atoms with Gasteiger partial charge in [0.25, 0.3) is 0 Å². The molecular formula is C19H18FN5O2S. The number of carbonyl (C=O) groups is 1. The van der Waals surface area contributed by atoms with Crippen molar-refractivity contribution in [3.8, 4) is 11.5 Å². The molecule has 28 heavy (non-hydrogen) atoms. The van der Waals surface area contributed by atoms with Crippen LogP contribution < -0.4 is 10.1 Å². The molecule has 0 aliphatic heterocycles. The molecule has 0 atom stereocenters. The maximum atomic E-state index is 12.9. The number of carbonyl (C=O) groups excluding carboxylic acids is 1. The molecule has 1 aromatic heterocycles. The first kappa shape index (κ1) is 18.4. The van der Waals surface area contributed by atoms with Crippen LogP contribution in [0.1, 0.15) is 24.4 Å². The van der Waals surface area contributed by atoms with E-state index >= 15 is 0 Å². The monoisotopic (exact) mass is 399 g/mol. The smallest absolute Gasteiger partial charge is 0.230 e. The average molecular weight is 399 g/mol. The van der Waals surface area contributed by atoms with E-state index in [1.165, 1.54) is 23.9 Å². The zero-order valence-electron chi connectivity index (χ0n) is 14.9. The minimum Gasteiger partial charge on any atom is -0.457 e. The number of hydrogen-bond donors (Lipinski definition) is 1. The number of hydrogen-bond acceptors (Lipinski definition) is 6. The molecule has 1 aliphatic rings. The Bertz CT molecular complexity index is 942. The number of amides is 1. The molecule has 1 amide bonds. The second-order valence-electron chi connectivity index (χ2n) is 6.40. The van der Waals surface area contributed by atoms with E-state index in [-0.39, 0.29) is 17.5 Å². The third kappa shape index (κ3) is 4.86. The Balaban J connectivity index is 1.23. The average Bonchev–Trinajstić information content (AvgIpc) is 3.45. The van der Waals surface area contributed by atoms with Crippen LogP contribution in [0.3, 0.4) is 0 Å². The van der Waals surface area contributed by atoms with Crippen molar-refractivity contribution in [3.05, 3.63) is 59.9 Å². The number of benzene rings is 2. The molecule has 3 aromatic rings. The van der Waals surface area contributed by atoms with Crippen molar-refractivity contribution in [2.24, 2.45) is 0 Å². The van der Waals surface area contributed by atoms with Crippen LogP contribution in [0.25, 0.3) is 0 Å². The summed E-state index contributed by atoms with van der Waals surface area (Å²) in [5.41, 5.74) is 0.952. The Morgan fingerprint density at radius 3 is 2.50 bits per heavy atom. The van der Waals surface area contributed by atoms with E-state index in [0.29, 0.717) is 29.2 Å². The Kier molecular flexibility index (Phi) is 5.52. The molecule has 1 heterocycles. The predicted octanol–water partition coefficient (Wildman–Crippen LogP) is 3.35. The van der Waals surface area contributed by atoms with Gasteiger partial charge in [0.2, 0.25) is 11.1 Å². The lowest BCUT2D eigenvalue weighted by Gasteiger charge is -2.08. The van der Waals surface area contributed by atoms with Crippen molar-refractivity contribution in [2.45, 2.75) is 30.6 Å². The maximum Gasteiger partial charge on any atom is 0.230 e. The first-order chi connectivity index (χ1) is 13.7. The molecule has 1 saturated carbocycles. The van der Waals surface area contributed by atoms with E-state index in [1.807, 2.05) is 24.3 Å². The highest BCUT2D eigenvalue weighted by Crippen LogP contribution is 2.36. The molecule has 0 radical (unpaired) electrons. The quantitative estimate of drug-likeness (QED) is 0.585. The van der Waals surface area contributed by atoms with Crippen LogP contribution >= 0.6 is 11.8 Å². The lowest BCUT2D eigenvalue weighted by Crippen LogP contribution is -2.24. The molecule has 9 heteroatoms. The minimum atomic E-state index is -0.305. The third-order valence-electron chi connectivity index (χ3n) is 4.15. The minimum absolute atomic E-state index is 0.0815. The number of thioether (sulfide) groups is 1. The van der Waals surface area contributed by atoms with Gasteiger partial charge < -0.3 is 10.1 Å². The molecular weight excluding hydrogens is 381 g/mol. The van der Waals surface area contributed by atoms with Crippen molar-refractivity contribution in [1.82, 2.24) is 25.5 Å². The number of tetrazole rings is 1. The normalized spacial score (nSPS) is 13.3. The van der Waals surface area contributed by atoms with Gasteiger partial charge in [0.15, 0.2) is 0 Å². The van der Waals surface area contributed by atoms with Gasteiger partial charge in [-0.2, -0.15) is 0 Å². The highest BCUT2D eigenvalue weighted by molar-refractivity contribution is 7.99. The van der Waals surface area contributed by atoms with E-state index in [1.54, 1.807) is 16.8 Å². The van der Waals surface area contributed by atoms with E-state index in [9.17, 15) is 9.18 Å². The molecule has 0 bridgehead atoms. The summed E-state index contributed by atoms with van der Waals surface area (Å²) in [4.78, 5) is 12.1. The second kappa shape index (κ2) is 8.39. The third-order valence-corrected chi connectivity index (χ3v) is 5.08. The van der Waals surface area contributed by atoms with Crippen LogP contribution in [0.15, 0.2) is 53.7 Å². The molecule has 1 N–H and O–H groups in total. The lowest BCUT2D eigenvalue weighted by atomic mass is 10.2. The molecule has 1 aliphatic carbocycles. The summed E-state index contributed by atoms with van der Waals surface area (Å²) >= 11 is 1.34. The standard InChI is InChI=1S/C19H18FN5O2S/c20-14-3-9-17(10-4-14)27-16-7-1-13(2-8-16)11-21-18(26)12-28-19-22-23-24-25(19)15-5-6-15/h1-4,7-10,15H,5-6,11-12H2,(H,21,26). The van der Waals surface area contributed by atoms with Crippen molar-refractivity contribution in [2.75, 3.05) is 5.75 Å². The second-order valence-corrected chi connectivity index (χ2v) is 7.35. The van der Waals surface area contributed by atoms with E-state index in [2.05, 4.69) is 20.8 Å². The Hall–Kier alpha value is -2.94. The SMILES string of the molecule is O=C(CSc1nnnn1C1CC1)NCc1ccc(Oc2ccc(F)cc2)cc1. The molecule has 2 aromatic carbocycles. The van der Waals surface area contributed by atoms with E-state index in [4.69, 9.17) is 4.74 Å². The van der Waals surface area contributed by atoms with Crippen LogP contribution in [0, 0.1) is 5.82 Å². The number of rotatable bonds is 8. The van der Waals surface area contributed by atoms with Crippen LogP contribution in [0.2, 0.25) is 0 Å². The first-order valence-corrected chi connectivity index (χ1v) is 9.86. The van der Waals surface area contributed by atoms with Gasteiger partial charge in [0, 0.05) is 6.54 Å². The van der Waals surface area contributed by atoms with E-state index in [0.717, 1.165) is 18.4 Å². The highest BCUT2D eigenvalue weighted by Gasteiger charge is 2.28. The Morgan fingerprint density at radius 1 is 1.14 bits per heavy atom. The van der Waals surface area contributed by atoms with Crippen LogP contribution in [0.4, 0.5) is 4.39 Å². The van der Waals surface area contributed by atoms with Gasteiger partial charge >= 0.3 is 0 Å². The van der Waals surface area contributed by atoms with Gasteiger partial charge in [-0.25, -0.2) is 9.07 Å². The molecule has 0 saturated heterocycles. The van der Waals surface area contributed by atoms with Gasteiger partial charge in [0.1, 0.15) is 17.3 Å². The summed E-state index contributed by atoms with van der Waals surface area (Å²) in [7, 11) is 0.